The Kier molecular flexibility index (Phi) is 7.41. The van der Waals surface area contributed by atoms with E-state index in [4.69, 9.17) is 19.2 Å². The number of unbranched alkanes of at least 4 members (excludes halogenated alkanes) is 1. The molecular formula is C29H34N2O3. The zero-order chi connectivity index (χ0) is 24.0. The number of fused-ring (bicyclic) bond motifs is 1. The highest BCUT2D eigenvalue weighted by atomic mass is 16.5. The van der Waals surface area contributed by atoms with Gasteiger partial charge in [-0.3, -0.25) is 0 Å². The Morgan fingerprint density at radius 3 is 2.24 bits per heavy atom. The summed E-state index contributed by atoms with van der Waals surface area (Å²) in [5.74, 6) is 3.34. The molecular weight excluding hydrogens is 424 g/mol. The molecule has 0 fully saturated rings. The van der Waals surface area contributed by atoms with E-state index in [1.54, 1.807) is 7.11 Å². The van der Waals surface area contributed by atoms with Crippen LogP contribution in [0.15, 0.2) is 72.8 Å². The molecule has 0 radical (unpaired) electrons. The Bertz CT molecular complexity index is 1210. The van der Waals surface area contributed by atoms with Gasteiger partial charge in [0.1, 0.15) is 18.2 Å². The number of ether oxygens (including phenoxy) is 3. The molecule has 0 spiro atoms. The Morgan fingerprint density at radius 2 is 1.50 bits per heavy atom. The number of hydrogen-bond donors (Lipinski definition) is 0. The van der Waals surface area contributed by atoms with Crippen molar-refractivity contribution in [1.82, 2.24) is 9.55 Å². The predicted molar refractivity (Wildman–Crippen MR) is 137 cm³/mol. The summed E-state index contributed by atoms with van der Waals surface area (Å²) in [6, 6.07) is 24.4. The first-order valence-electron chi connectivity index (χ1n) is 11.9. The maximum Gasteiger partial charge on any atom is 0.161 e. The molecule has 178 valence electrons. The maximum atomic E-state index is 6.12. The van der Waals surface area contributed by atoms with Crippen LogP contribution in [0.1, 0.15) is 45.0 Å². The van der Waals surface area contributed by atoms with Gasteiger partial charge in [-0.05, 0) is 60.2 Å². The lowest BCUT2D eigenvalue weighted by molar-refractivity contribution is 0.278. The fourth-order valence-electron chi connectivity index (χ4n) is 3.98. The summed E-state index contributed by atoms with van der Waals surface area (Å²) in [7, 11) is 1.66. The molecule has 0 atom stereocenters. The average Bonchev–Trinajstić information content (AvgIpc) is 3.20. The van der Waals surface area contributed by atoms with Crippen molar-refractivity contribution in [3.8, 4) is 17.2 Å². The number of para-hydroxylation sites is 4. The molecule has 0 amide bonds. The minimum Gasteiger partial charge on any atom is -0.493 e. The number of imidazole rings is 1. The van der Waals surface area contributed by atoms with Crippen LogP contribution in [0.4, 0.5) is 0 Å². The van der Waals surface area contributed by atoms with Crippen molar-refractivity contribution in [2.75, 3.05) is 13.7 Å². The molecule has 0 aliphatic rings. The molecule has 0 bridgehead atoms. The van der Waals surface area contributed by atoms with Crippen LogP contribution in [0.5, 0.6) is 17.2 Å². The molecule has 34 heavy (non-hydrogen) atoms. The van der Waals surface area contributed by atoms with Gasteiger partial charge in [0.2, 0.25) is 0 Å². The van der Waals surface area contributed by atoms with E-state index in [9.17, 15) is 0 Å². The van der Waals surface area contributed by atoms with Crippen LogP contribution >= 0.6 is 0 Å². The zero-order valence-corrected chi connectivity index (χ0v) is 20.6. The SMILES string of the molecule is COc1ccccc1OCCCCn1c(COc2ccc(C(C)(C)C)cc2)nc2ccccc21. The van der Waals surface area contributed by atoms with Crippen LogP contribution in [-0.2, 0) is 18.6 Å². The highest BCUT2D eigenvalue weighted by molar-refractivity contribution is 5.75. The smallest absolute Gasteiger partial charge is 0.161 e. The molecule has 3 aromatic carbocycles. The second-order valence-electron chi connectivity index (χ2n) is 9.44. The van der Waals surface area contributed by atoms with Gasteiger partial charge in [-0.25, -0.2) is 4.98 Å². The lowest BCUT2D eigenvalue weighted by Crippen LogP contribution is -2.11. The van der Waals surface area contributed by atoms with E-state index in [2.05, 4.69) is 55.7 Å². The monoisotopic (exact) mass is 458 g/mol. The van der Waals surface area contributed by atoms with E-state index >= 15 is 0 Å². The van der Waals surface area contributed by atoms with Crippen molar-refractivity contribution in [2.45, 2.75) is 52.2 Å². The minimum atomic E-state index is 0.127. The van der Waals surface area contributed by atoms with Crippen molar-refractivity contribution < 1.29 is 14.2 Å². The Labute approximate surface area is 202 Å². The van der Waals surface area contributed by atoms with Crippen LogP contribution in [-0.4, -0.2) is 23.3 Å². The molecule has 0 unspecified atom stereocenters. The summed E-state index contributed by atoms with van der Waals surface area (Å²) < 4.78 is 19.7. The summed E-state index contributed by atoms with van der Waals surface area (Å²) in [5, 5.41) is 0. The second kappa shape index (κ2) is 10.6. The molecule has 4 aromatic rings. The number of nitrogens with zero attached hydrogens (tertiary/aromatic N) is 2. The fourth-order valence-corrected chi connectivity index (χ4v) is 3.98. The van der Waals surface area contributed by atoms with Gasteiger partial charge in [-0.1, -0.05) is 57.2 Å². The van der Waals surface area contributed by atoms with Gasteiger partial charge in [0.15, 0.2) is 11.5 Å². The number of aromatic nitrogens is 2. The van der Waals surface area contributed by atoms with Gasteiger partial charge in [0.05, 0.1) is 24.8 Å². The number of hydrogen-bond acceptors (Lipinski definition) is 4. The second-order valence-corrected chi connectivity index (χ2v) is 9.44. The quantitative estimate of drug-likeness (QED) is 0.246. The third-order valence-electron chi connectivity index (χ3n) is 5.92. The summed E-state index contributed by atoms with van der Waals surface area (Å²) in [4.78, 5) is 4.84. The molecule has 5 nitrogen and oxygen atoms in total. The Balaban J connectivity index is 1.38. The molecule has 0 N–H and O–H groups in total. The highest BCUT2D eigenvalue weighted by Crippen LogP contribution is 2.27. The van der Waals surface area contributed by atoms with Gasteiger partial charge in [0, 0.05) is 6.54 Å². The van der Waals surface area contributed by atoms with Gasteiger partial charge in [-0.15, -0.1) is 0 Å². The van der Waals surface area contributed by atoms with Crippen molar-refractivity contribution in [3.05, 3.63) is 84.2 Å². The van der Waals surface area contributed by atoms with Gasteiger partial charge >= 0.3 is 0 Å². The van der Waals surface area contributed by atoms with E-state index in [0.29, 0.717) is 13.2 Å². The van der Waals surface area contributed by atoms with Crippen LogP contribution in [0.2, 0.25) is 0 Å². The van der Waals surface area contributed by atoms with Crippen molar-refractivity contribution in [1.29, 1.82) is 0 Å². The van der Waals surface area contributed by atoms with E-state index in [1.807, 2.05) is 42.5 Å². The van der Waals surface area contributed by atoms with E-state index in [1.165, 1.54) is 5.56 Å². The predicted octanol–water partition coefficient (Wildman–Crippen LogP) is 6.78. The van der Waals surface area contributed by atoms with Crippen LogP contribution < -0.4 is 14.2 Å². The summed E-state index contributed by atoms with van der Waals surface area (Å²) in [5.41, 5.74) is 3.55. The molecule has 0 aliphatic carbocycles. The Hall–Kier alpha value is -3.47. The van der Waals surface area contributed by atoms with Gasteiger partial charge in [-0.2, -0.15) is 0 Å². The molecule has 0 saturated heterocycles. The number of aryl methyl sites for hydroxylation is 1. The number of methoxy groups -OCH3 is 1. The third kappa shape index (κ3) is 5.71. The molecule has 4 rings (SSSR count). The molecule has 1 aromatic heterocycles. The first-order valence-corrected chi connectivity index (χ1v) is 11.9. The van der Waals surface area contributed by atoms with Crippen LogP contribution in [0, 0.1) is 0 Å². The lowest BCUT2D eigenvalue weighted by atomic mass is 9.87. The number of benzene rings is 3. The average molecular weight is 459 g/mol. The van der Waals surface area contributed by atoms with Gasteiger partial charge < -0.3 is 18.8 Å². The largest absolute Gasteiger partial charge is 0.493 e. The third-order valence-corrected chi connectivity index (χ3v) is 5.92. The summed E-state index contributed by atoms with van der Waals surface area (Å²) in [6.07, 6.45) is 1.90. The minimum absolute atomic E-state index is 0.127. The molecule has 0 aliphatic heterocycles. The van der Waals surface area contributed by atoms with Crippen LogP contribution in [0.3, 0.4) is 0 Å². The van der Waals surface area contributed by atoms with Gasteiger partial charge in [0.25, 0.3) is 0 Å². The van der Waals surface area contributed by atoms with Crippen LogP contribution in [0.25, 0.3) is 11.0 Å². The van der Waals surface area contributed by atoms with Crippen molar-refractivity contribution >= 4 is 11.0 Å². The topological polar surface area (TPSA) is 45.5 Å². The molecule has 1 heterocycles. The summed E-state index contributed by atoms with van der Waals surface area (Å²) in [6.45, 7) is 8.57. The summed E-state index contributed by atoms with van der Waals surface area (Å²) >= 11 is 0. The first-order chi connectivity index (χ1) is 16.5. The standard InChI is InChI=1S/C29H34N2O3/c1-29(2,3)22-15-17-23(18-16-22)34-21-28-30-24-11-5-6-12-25(24)31(28)19-9-10-20-33-27-14-8-7-13-26(27)32-4/h5-8,11-18H,9-10,19-21H2,1-4H3. The molecule has 5 heteroatoms. The maximum absolute atomic E-state index is 6.12. The highest BCUT2D eigenvalue weighted by Gasteiger charge is 2.14. The first kappa shape index (κ1) is 23.7. The van der Waals surface area contributed by atoms with E-state index in [0.717, 1.165) is 53.5 Å². The Morgan fingerprint density at radius 1 is 0.794 bits per heavy atom. The van der Waals surface area contributed by atoms with Crippen molar-refractivity contribution in [3.63, 3.8) is 0 Å². The molecule has 0 saturated carbocycles. The fraction of sp³-hybridized carbons (Fsp3) is 0.345. The van der Waals surface area contributed by atoms with E-state index in [-0.39, 0.29) is 5.41 Å². The zero-order valence-electron chi connectivity index (χ0n) is 20.6. The normalized spacial score (nSPS) is 11.5. The lowest BCUT2D eigenvalue weighted by Gasteiger charge is -2.19. The van der Waals surface area contributed by atoms with Crippen molar-refractivity contribution in [2.24, 2.45) is 0 Å². The van der Waals surface area contributed by atoms with E-state index < -0.39 is 0 Å². The number of rotatable bonds is 10.